The minimum absolute atomic E-state index is 0.0218. The van der Waals surface area contributed by atoms with Crippen LogP contribution in [0, 0.1) is 0 Å². The highest BCUT2D eigenvalue weighted by atomic mass is 16.5. The van der Waals surface area contributed by atoms with Gasteiger partial charge in [-0.05, 0) is 17.7 Å². The van der Waals surface area contributed by atoms with Gasteiger partial charge in [0.2, 0.25) is 0 Å². The van der Waals surface area contributed by atoms with Crippen LogP contribution in [0.5, 0.6) is 0 Å². The summed E-state index contributed by atoms with van der Waals surface area (Å²) < 4.78 is 0. The van der Waals surface area contributed by atoms with E-state index in [0.717, 1.165) is 0 Å². The van der Waals surface area contributed by atoms with Gasteiger partial charge in [0.1, 0.15) is 0 Å². The second-order valence-electron chi connectivity index (χ2n) is 2.50. The number of benzene rings is 1. The standard InChI is InChI=1S/C8H10N2O3/c9-10(13)8(12)7-3-1-6(5-11)2-4-7/h1-4,11,13H,5,9H2. The van der Waals surface area contributed by atoms with Crippen LogP contribution in [0.25, 0.3) is 0 Å². The van der Waals surface area contributed by atoms with E-state index in [1.165, 1.54) is 12.1 Å². The number of hydrogen-bond acceptors (Lipinski definition) is 4. The van der Waals surface area contributed by atoms with Crippen molar-refractivity contribution < 1.29 is 15.1 Å². The summed E-state index contributed by atoms with van der Waals surface area (Å²) in [6.07, 6.45) is 0. The molecule has 5 heteroatoms. The number of nitrogens with two attached hydrogens (primary N) is 1. The minimum atomic E-state index is -0.690. The zero-order chi connectivity index (χ0) is 9.84. The molecular formula is C8H10N2O3. The normalized spacial score (nSPS) is 9.77. The summed E-state index contributed by atoms with van der Waals surface area (Å²) in [5.41, 5.74) is 0.959. The number of carbonyl (C=O) groups excluding carboxylic acids is 1. The molecule has 70 valence electrons. The maximum atomic E-state index is 11.0. The van der Waals surface area contributed by atoms with Crippen LogP contribution < -0.4 is 5.84 Å². The number of hydroxylamine groups is 1. The fourth-order valence-corrected chi connectivity index (χ4v) is 0.885. The molecule has 1 aromatic carbocycles. The molecule has 5 nitrogen and oxygen atoms in total. The molecule has 0 unspecified atom stereocenters. The van der Waals surface area contributed by atoms with Gasteiger partial charge in [-0.15, -0.1) is 5.17 Å². The summed E-state index contributed by atoms with van der Waals surface area (Å²) in [6.45, 7) is -0.0834. The molecule has 0 fully saturated rings. The Morgan fingerprint density at radius 2 is 1.92 bits per heavy atom. The van der Waals surface area contributed by atoms with Crippen LogP contribution in [-0.4, -0.2) is 21.4 Å². The van der Waals surface area contributed by atoms with E-state index in [9.17, 15) is 4.79 Å². The van der Waals surface area contributed by atoms with Crippen LogP contribution in [0.3, 0.4) is 0 Å². The van der Waals surface area contributed by atoms with E-state index in [-0.39, 0.29) is 17.3 Å². The zero-order valence-electron chi connectivity index (χ0n) is 6.84. The van der Waals surface area contributed by atoms with Gasteiger partial charge in [-0.2, -0.15) is 0 Å². The number of aliphatic hydroxyl groups is 1. The predicted molar refractivity (Wildman–Crippen MR) is 44.5 cm³/mol. The van der Waals surface area contributed by atoms with Crippen LogP contribution in [0.15, 0.2) is 24.3 Å². The molecule has 0 heterocycles. The third-order valence-corrected chi connectivity index (χ3v) is 1.59. The lowest BCUT2D eigenvalue weighted by Crippen LogP contribution is -2.33. The molecule has 0 atom stereocenters. The van der Waals surface area contributed by atoms with E-state index < -0.39 is 5.91 Å². The molecule has 0 radical (unpaired) electrons. The van der Waals surface area contributed by atoms with Gasteiger partial charge >= 0.3 is 0 Å². The molecule has 0 aliphatic rings. The van der Waals surface area contributed by atoms with Crippen molar-refractivity contribution in [1.82, 2.24) is 5.17 Å². The van der Waals surface area contributed by atoms with Gasteiger partial charge in [0, 0.05) is 5.56 Å². The second kappa shape index (κ2) is 3.99. The number of hydrazine groups is 1. The predicted octanol–water partition coefficient (Wildman–Crippen LogP) is -0.116. The Morgan fingerprint density at radius 3 is 2.31 bits per heavy atom. The van der Waals surface area contributed by atoms with Gasteiger partial charge in [-0.1, -0.05) is 12.1 Å². The van der Waals surface area contributed by atoms with Crippen molar-refractivity contribution in [2.45, 2.75) is 6.61 Å². The Balaban J connectivity index is 2.86. The molecule has 0 saturated carbocycles. The van der Waals surface area contributed by atoms with Gasteiger partial charge in [0.05, 0.1) is 6.61 Å². The molecule has 1 amide bonds. The Hall–Kier alpha value is -1.43. The molecule has 1 rings (SSSR count). The molecule has 0 bridgehead atoms. The smallest absolute Gasteiger partial charge is 0.292 e. The van der Waals surface area contributed by atoms with E-state index in [0.29, 0.717) is 5.56 Å². The summed E-state index contributed by atoms with van der Waals surface area (Å²) in [6, 6.07) is 6.11. The molecular weight excluding hydrogens is 172 g/mol. The van der Waals surface area contributed by atoms with Crippen molar-refractivity contribution in [3.8, 4) is 0 Å². The number of aliphatic hydroxyl groups excluding tert-OH is 1. The summed E-state index contributed by atoms with van der Waals surface area (Å²) in [5, 5.41) is 17.3. The Bertz CT molecular complexity index is 295. The lowest BCUT2D eigenvalue weighted by atomic mass is 10.1. The molecule has 0 aliphatic heterocycles. The highest BCUT2D eigenvalue weighted by Crippen LogP contribution is 2.05. The average molecular weight is 182 g/mol. The van der Waals surface area contributed by atoms with E-state index in [4.69, 9.17) is 16.2 Å². The fourth-order valence-electron chi connectivity index (χ4n) is 0.885. The molecule has 0 aromatic heterocycles. The van der Waals surface area contributed by atoms with Crippen LogP contribution in [0.1, 0.15) is 15.9 Å². The summed E-state index contributed by atoms with van der Waals surface area (Å²) in [4.78, 5) is 11.0. The zero-order valence-corrected chi connectivity index (χ0v) is 6.84. The van der Waals surface area contributed by atoms with Crippen molar-refractivity contribution in [2.75, 3.05) is 0 Å². The van der Waals surface area contributed by atoms with Gasteiger partial charge in [-0.25, -0.2) is 5.84 Å². The Kier molecular flexibility index (Phi) is 2.97. The highest BCUT2D eigenvalue weighted by Gasteiger charge is 2.08. The van der Waals surface area contributed by atoms with Crippen molar-refractivity contribution in [2.24, 2.45) is 5.84 Å². The lowest BCUT2D eigenvalue weighted by Gasteiger charge is -2.07. The van der Waals surface area contributed by atoms with Crippen LogP contribution in [0.4, 0.5) is 0 Å². The van der Waals surface area contributed by atoms with E-state index in [1.807, 2.05) is 0 Å². The molecule has 13 heavy (non-hydrogen) atoms. The van der Waals surface area contributed by atoms with Crippen molar-refractivity contribution in [3.05, 3.63) is 35.4 Å². The topological polar surface area (TPSA) is 86.8 Å². The molecule has 4 N–H and O–H groups in total. The molecule has 0 saturated heterocycles. The molecule has 0 spiro atoms. The first-order valence-corrected chi connectivity index (χ1v) is 3.63. The third-order valence-electron chi connectivity index (χ3n) is 1.59. The highest BCUT2D eigenvalue weighted by molar-refractivity contribution is 5.92. The van der Waals surface area contributed by atoms with Gasteiger partial charge in [0.15, 0.2) is 0 Å². The second-order valence-corrected chi connectivity index (χ2v) is 2.50. The van der Waals surface area contributed by atoms with Gasteiger partial charge in [-0.3, -0.25) is 10.0 Å². The van der Waals surface area contributed by atoms with Gasteiger partial charge < -0.3 is 5.11 Å². The molecule has 0 aliphatic carbocycles. The SMILES string of the molecule is NN(O)C(=O)c1ccc(CO)cc1. The number of carbonyl (C=O) groups is 1. The largest absolute Gasteiger partial charge is 0.392 e. The van der Waals surface area contributed by atoms with Crippen LogP contribution >= 0.6 is 0 Å². The Morgan fingerprint density at radius 1 is 1.38 bits per heavy atom. The maximum Gasteiger partial charge on any atom is 0.292 e. The summed E-state index contributed by atoms with van der Waals surface area (Å²) in [5.74, 6) is 4.14. The lowest BCUT2D eigenvalue weighted by molar-refractivity contribution is -0.0595. The van der Waals surface area contributed by atoms with Crippen LogP contribution in [0.2, 0.25) is 0 Å². The quantitative estimate of drug-likeness (QED) is 0.257. The third kappa shape index (κ3) is 2.25. The first-order chi connectivity index (χ1) is 6.15. The van der Waals surface area contributed by atoms with E-state index in [1.54, 1.807) is 12.1 Å². The first-order valence-electron chi connectivity index (χ1n) is 3.63. The minimum Gasteiger partial charge on any atom is -0.392 e. The first kappa shape index (κ1) is 9.66. The fraction of sp³-hybridized carbons (Fsp3) is 0.125. The number of hydrogen-bond donors (Lipinski definition) is 3. The monoisotopic (exact) mass is 182 g/mol. The van der Waals surface area contributed by atoms with E-state index in [2.05, 4.69) is 0 Å². The van der Waals surface area contributed by atoms with Crippen molar-refractivity contribution in [3.63, 3.8) is 0 Å². The Labute approximate surface area is 74.9 Å². The number of rotatable bonds is 2. The summed E-state index contributed by atoms with van der Waals surface area (Å²) >= 11 is 0. The maximum absolute atomic E-state index is 11.0. The van der Waals surface area contributed by atoms with E-state index >= 15 is 0 Å². The number of amides is 1. The van der Waals surface area contributed by atoms with Crippen molar-refractivity contribution >= 4 is 5.91 Å². The number of nitrogens with zero attached hydrogens (tertiary/aromatic N) is 1. The molecule has 1 aromatic rings. The van der Waals surface area contributed by atoms with Gasteiger partial charge in [0.25, 0.3) is 5.91 Å². The summed E-state index contributed by atoms with van der Waals surface area (Å²) in [7, 11) is 0. The van der Waals surface area contributed by atoms with Crippen LogP contribution in [-0.2, 0) is 6.61 Å². The average Bonchev–Trinajstić information content (AvgIpc) is 2.17. The van der Waals surface area contributed by atoms with Crippen molar-refractivity contribution in [1.29, 1.82) is 0 Å².